The zero-order chi connectivity index (χ0) is 14.8. The van der Waals surface area contributed by atoms with Crippen molar-refractivity contribution in [2.75, 3.05) is 12.8 Å². The van der Waals surface area contributed by atoms with Gasteiger partial charge in [-0.3, -0.25) is 0 Å². The van der Waals surface area contributed by atoms with Crippen LogP contribution in [0, 0.1) is 6.92 Å². The maximum absolute atomic E-state index is 5.94. The molecule has 1 aromatic carbocycles. The van der Waals surface area contributed by atoms with Gasteiger partial charge < -0.3 is 15.0 Å². The third kappa shape index (κ3) is 2.53. The topological polar surface area (TPSA) is 100.0 Å². The number of ether oxygens (including phenoxy) is 1. The Hall–Kier alpha value is -2.96. The monoisotopic (exact) mass is 283 g/mol. The van der Waals surface area contributed by atoms with Crippen molar-refractivity contribution in [2.45, 2.75) is 6.92 Å². The van der Waals surface area contributed by atoms with Gasteiger partial charge in [-0.05, 0) is 19.1 Å². The van der Waals surface area contributed by atoms with E-state index in [-0.39, 0.29) is 0 Å². The summed E-state index contributed by atoms with van der Waals surface area (Å²) in [4.78, 5) is 12.4. The molecule has 7 nitrogen and oxygen atoms in total. The number of methoxy groups -OCH3 is 1. The Balaban J connectivity index is 2.01. The maximum atomic E-state index is 5.94. The van der Waals surface area contributed by atoms with Crippen molar-refractivity contribution < 1.29 is 9.26 Å². The summed E-state index contributed by atoms with van der Waals surface area (Å²) in [7, 11) is 1.53. The quantitative estimate of drug-likeness (QED) is 0.734. The third-order valence-electron chi connectivity index (χ3n) is 2.95. The highest BCUT2D eigenvalue weighted by molar-refractivity contribution is 5.72. The van der Waals surface area contributed by atoms with Gasteiger partial charge >= 0.3 is 0 Å². The Morgan fingerprint density at radius 3 is 2.86 bits per heavy atom. The number of aryl methyl sites for hydroxylation is 1. The summed E-state index contributed by atoms with van der Waals surface area (Å²) in [5.74, 6) is 1.14. The molecule has 0 radical (unpaired) electrons. The summed E-state index contributed by atoms with van der Waals surface area (Å²) < 4.78 is 10.3. The van der Waals surface area contributed by atoms with Gasteiger partial charge in [-0.1, -0.05) is 16.8 Å². The third-order valence-corrected chi connectivity index (χ3v) is 2.95. The summed E-state index contributed by atoms with van der Waals surface area (Å²) in [6, 6.07) is 7.26. The lowest BCUT2D eigenvalue weighted by Gasteiger charge is -2.01. The van der Waals surface area contributed by atoms with Crippen LogP contribution >= 0.6 is 0 Å². The van der Waals surface area contributed by atoms with Crippen LogP contribution in [0.1, 0.15) is 5.56 Å². The number of nitrogens with two attached hydrogens (primary N) is 1. The fraction of sp³-hybridized carbons (Fsp3) is 0.143. The molecule has 2 N–H and O–H groups in total. The second kappa shape index (κ2) is 5.20. The van der Waals surface area contributed by atoms with Crippen molar-refractivity contribution in [3.05, 3.63) is 36.2 Å². The largest absolute Gasteiger partial charge is 0.481 e. The van der Waals surface area contributed by atoms with Crippen LogP contribution in [0.15, 0.2) is 35.1 Å². The van der Waals surface area contributed by atoms with E-state index in [1.807, 2.05) is 25.1 Å². The molecule has 0 unspecified atom stereocenters. The van der Waals surface area contributed by atoms with Gasteiger partial charge in [0.05, 0.1) is 12.7 Å². The van der Waals surface area contributed by atoms with Crippen LogP contribution in [0.4, 0.5) is 5.69 Å². The number of rotatable bonds is 3. The average molecular weight is 283 g/mol. The molecule has 0 saturated carbocycles. The Morgan fingerprint density at radius 2 is 2.05 bits per heavy atom. The molecular weight excluding hydrogens is 270 g/mol. The Morgan fingerprint density at radius 1 is 1.19 bits per heavy atom. The minimum absolute atomic E-state index is 0.351. The van der Waals surface area contributed by atoms with Gasteiger partial charge in [0, 0.05) is 11.8 Å². The number of nitrogen functional groups attached to an aromatic ring is 1. The molecule has 21 heavy (non-hydrogen) atoms. The minimum atomic E-state index is 0.351. The lowest BCUT2D eigenvalue weighted by Crippen LogP contribution is -1.93. The van der Waals surface area contributed by atoms with Gasteiger partial charge in [0.1, 0.15) is 12.0 Å². The maximum Gasteiger partial charge on any atom is 0.260 e. The van der Waals surface area contributed by atoms with Crippen molar-refractivity contribution in [1.82, 2.24) is 20.1 Å². The first-order valence-corrected chi connectivity index (χ1v) is 6.24. The summed E-state index contributed by atoms with van der Waals surface area (Å²) in [6.07, 6.45) is 1.38. The molecule has 0 saturated heterocycles. The molecule has 106 valence electrons. The van der Waals surface area contributed by atoms with Crippen LogP contribution < -0.4 is 10.5 Å². The van der Waals surface area contributed by atoms with Gasteiger partial charge in [-0.25, -0.2) is 9.97 Å². The molecule has 3 aromatic rings. The van der Waals surface area contributed by atoms with Gasteiger partial charge in [-0.15, -0.1) is 0 Å². The van der Waals surface area contributed by atoms with Crippen LogP contribution in [0.3, 0.4) is 0 Å². The fourth-order valence-corrected chi connectivity index (χ4v) is 1.87. The first kappa shape index (κ1) is 13.0. The predicted octanol–water partition coefficient (Wildman–Crippen LogP) is 2.09. The van der Waals surface area contributed by atoms with Crippen molar-refractivity contribution in [2.24, 2.45) is 0 Å². The number of hydrogen-bond donors (Lipinski definition) is 1. The van der Waals surface area contributed by atoms with Gasteiger partial charge in [-0.2, -0.15) is 4.98 Å². The molecule has 0 bridgehead atoms. The van der Waals surface area contributed by atoms with Crippen LogP contribution in [-0.4, -0.2) is 27.2 Å². The summed E-state index contributed by atoms with van der Waals surface area (Å²) in [6.45, 7) is 1.97. The number of benzene rings is 1. The molecule has 2 aromatic heterocycles. The number of anilines is 1. The van der Waals surface area contributed by atoms with Crippen molar-refractivity contribution in [3.63, 3.8) is 0 Å². The molecule has 2 heterocycles. The lowest BCUT2D eigenvalue weighted by molar-refractivity contribution is 0.397. The van der Waals surface area contributed by atoms with E-state index in [4.69, 9.17) is 15.0 Å². The van der Waals surface area contributed by atoms with E-state index in [0.29, 0.717) is 34.5 Å². The highest BCUT2D eigenvalue weighted by Gasteiger charge is 2.14. The second-order valence-corrected chi connectivity index (χ2v) is 4.46. The summed E-state index contributed by atoms with van der Waals surface area (Å²) >= 11 is 0. The molecule has 0 aliphatic rings. The number of aromatic nitrogens is 4. The second-order valence-electron chi connectivity index (χ2n) is 4.46. The van der Waals surface area contributed by atoms with E-state index < -0.39 is 0 Å². The van der Waals surface area contributed by atoms with Crippen LogP contribution in [0.2, 0.25) is 0 Å². The standard InChI is InChI=1S/C14H13N5O2/c1-8-3-4-10(15)9(5-8)14-18-13(19-21-14)11-6-12(20-2)17-7-16-11/h3-7H,15H2,1-2H3. The number of hydrogen-bond acceptors (Lipinski definition) is 7. The average Bonchev–Trinajstić information content (AvgIpc) is 2.99. The smallest absolute Gasteiger partial charge is 0.260 e. The molecule has 7 heteroatoms. The SMILES string of the molecule is COc1cc(-c2noc(-c3cc(C)ccc3N)n2)ncn1. The van der Waals surface area contributed by atoms with E-state index in [2.05, 4.69) is 20.1 Å². The molecule has 0 spiro atoms. The normalized spacial score (nSPS) is 10.6. The molecule has 3 rings (SSSR count). The lowest BCUT2D eigenvalue weighted by atomic mass is 10.1. The molecule has 0 atom stereocenters. The van der Waals surface area contributed by atoms with E-state index in [1.165, 1.54) is 13.4 Å². The van der Waals surface area contributed by atoms with E-state index in [9.17, 15) is 0 Å². The zero-order valence-electron chi connectivity index (χ0n) is 11.6. The van der Waals surface area contributed by atoms with Crippen molar-refractivity contribution in [3.8, 4) is 28.9 Å². The van der Waals surface area contributed by atoms with Crippen LogP contribution in [0.25, 0.3) is 23.0 Å². The zero-order valence-corrected chi connectivity index (χ0v) is 11.6. The first-order valence-electron chi connectivity index (χ1n) is 6.24. The van der Waals surface area contributed by atoms with Gasteiger partial charge in [0.15, 0.2) is 0 Å². The number of nitrogens with zero attached hydrogens (tertiary/aromatic N) is 4. The molecule has 0 fully saturated rings. The summed E-state index contributed by atoms with van der Waals surface area (Å²) in [5, 5.41) is 3.92. The summed E-state index contributed by atoms with van der Waals surface area (Å²) in [5.41, 5.74) is 8.80. The van der Waals surface area contributed by atoms with Crippen LogP contribution in [0.5, 0.6) is 5.88 Å². The van der Waals surface area contributed by atoms with Crippen LogP contribution in [-0.2, 0) is 0 Å². The van der Waals surface area contributed by atoms with Gasteiger partial charge in [0.2, 0.25) is 11.7 Å². The Kier molecular flexibility index (Phi) is 3.23. The Labute approximate surface area is 120 Å². The van der Waals surface area contributed by atoms with Crippen molar-refractivity contribution in [1.29, 1.82) is 0 Å². The predicted molar refractivity (Wildman–Crippen MR) is 76.5 cm³/mol. The van der Waals surface area contributed by atoms with E-state index in [0.717, 1.165) is 5.56 Å². The van der Waals surface area contributed by atoms with E-state index in [1.54, 1.807) is 6.07 Å². The minimum Gasteiger partial charge on any atom is -0.481 e. The Bertz CT molecular complexity index is 785. The molecule has 0 aliphatic heterocycles. The fourth-order valence-electron chi connectivity index (χ4n) is 1.87. The van der Waals surface area contributed by atoms with Crippen molar-refractivity contribution >= 4 is 5.69 Å². The van der Waals surface area contributed by atoms with Gasteiger partial charge in [0.25, 0.3) is 5.89 Å². The molecular formula is C14H13N5O2. The highest BCUT2D eigenvalue weighted by atomic mass is 16.5. The van der Waals surface area contributed by atoms with E-state index >= 15 is 0 Å². The molecule has 0 aliphatic carbocycles. The molecule has 0 amide bonds. The first-order chi connectivity index (χ1) is 10.2. The highest BCUT2D eigenvalue weighted by Crippen LogP contribution is 2.27.